The van der Waals surface area contributed by atoms with Crippen LogP contribution in [-0.4, -0.2) is 43.0 Å². The first kappa shape index (κ1) is 18.0. The molecular formula is C20H26N2O2. The molecule has 0 spiro atoms. The SMILES string of the molecule is COc1cccc(CN(C)C(C)C(=O)N(C)Cc2ccccc2)c1. The summed E-state index contributed by atoms with van der Waals surface area (Å²) in [4.78, 5) is 16.5. The molecular weight excluding hydrogens is 300 g/mol. The highest BCUT2D eigenvalue weighted by atomic mass is 16.5. The Balaban J connectivity index is 1.95. The van der Waals surface area contributed by atoms with Crippen molar-refractivity contribution in [1.29, 1.82) is 0 Å². The largest absolute Gasteiger partial charge is 0.497 e. The number of hydrogen-bond donors (Lipinski definition) is 0. The van der Waals surface area contributed by atoms with Crippen molar-refractivity contribution < 1.29 is 9.53 Å². The molecule has 1 atom stereocenters. The third-order valence-corrected chi connectivity index (χ3v) is 4.22. The van der Waals surface area contributed by atoms with Crippen molar-refractivity contribution in [3.05, 3.63) is 65.7 Å². The average molecular weight is 326 g/mol. The second-order valence-corrected chi connectivity index (χ2v) is 6.12. The second-order valence-electron chi connectivity index (χ2n) is 6.12. The smallest absolute Gasteiger partial charge is 0.239 e. The lowest BCUT2D eigenvalue weighted by Crippen LogP contribution is -2.43. The highest BCUT2D eigenvalue weighted by molar-refractivity contribution is 5.81. The monoisotopic (exact) mass is 326 g/mol. The molecule has 128 valence electrons. The summed E-state index contributed by atoms with van der Waals surface area (Å²) in [5.74, 6) is 0.949. The summed E-state index contributed by atoms with van der Waals surface area (Å²) in [6.45, 7) is 3.27. The molecule has 0 saturated carbocycles. The van der Waals surface area contributed by atoms with Crippen LogP contribution >= 0.6 is 0 Å². The van der Waals surface area contributed by atoms with E-state index < -0.39 is 0 Å². The van der Waals surface area contributed by atoms with Crippen molar-refractivity contribution in [2.45, 2.75) is 26.1 Å². The first-order chi connectivity index (χ1) is 11.5. The molecule has 0 heterocycles. The number of nitrogens with zero attached hydrogens (tertiary/aromatic N) is 2. The summed E-state index contributed by atoms with van der Waals surface area (Å²) >= 11 is 0. The van der Waals surface area contributed by atoms with Crippen LogP contribution in [0.5, 0.6) is 5.75 Å². The maximum absolute atomic E-state index is 12.7. The molecule has 0 bridgehead atoms. The van der Waals surface area contributed by atoms with Crippen molar-refractivity contribution in [3.63, 3.8) is 0 Å². The fraction of sp³-hybridized carbons (Fsp3) is 0.350. The summed E-state index contributed by atoms with van der Waals surface area (Å²) in [6.07, 6.45) is 0. The van der Waals surface area contributed by atoms with Gasteiger partial charge in [0.2, 0.25) is 5.91 Å². The molecule has 24 heavy (non-hydrogen) atoms. The van der Waals surface area contributed by atoms with Gasteiger partial charge in [0, 0.05) is 20.1 Å². The van der Waals surface area contributed by atoms with Gasteiger partial charge < -0.3 is 9.64 Å². The lowest BCUT2D eigenvalue weighted by atomic mass is 10.1. The van der Waals surface area contributed by atoms with Gasteiger partial charge in [0.1, 0.15) is 5.75 Å². The number of ether oxygens (including phenoxy) is 1. The molecule has 0 aromatic heterocycles. The van der Waals surface area contributed by atoms with Crippen LogP contribution in [0.1, 0.15) is 18.1 Å². The van der Waals surface area contributed by atoms with E-state index in [2.05, 4.69) is 4.90 Å². The molecule has 1 unspecified atom stereocenters. The number of carbonyl (C=O) groups is 1. The summed E-state index contributed by atoms with van der Waals surface area (Å²) in [5, 5.41) is 0. The van der Waals surface area contributed by atoms with E-state index in [9.17, 15) is 4.79 Å². The molecule has 2 aromatic rings. The lowest BCUT2D eigenvalue weighted by Gasteiger charge is -2.28. The second kappa shape index (κ2) is 8.50. The van der Waals surface area contributed by atoms with Crippen LogP contribution in [0, 0.1) is 0 Å². The molecule has 0 radical (unpaired) electrons. The number of carbonyl (C=O) groups excluding carboxylic acids is 1. The lowest BCUT2D eigenvalue weighted by molar-refractivity contribution is -0.135. The van der Waals surface area contributed by atoms with Gasteiger partial charge in [-0.15, -0.1) is 0 Å². The minimum atomic E-state index is -0.190. The van der Waals surface area contributed by atoms with E-state index in [1.54, 1.807) is 12.0 Å². The van der Waals surface area contributed by atoms with Crippen LogP contribution in [0.25, 0.3) is 0 Å². The Kier molecular flexibility index (Phi) is 6.38. The topological polar surface area (TPSA) is 32.8 Å². The normalized spacial score (nSPS) is 12.0. The fourth-order valence-electron chi connectivity index (χ4n) is 2.64. The zero-order chi connectivity index (χ0) is 17.5. The Morgan fingerprint density at radius 2 is 1.67 bits per heavy atom. The van der Waals surface area contributed by atoms with Gasteiger partial charge in [-0.25, -0.2) is 0 Å². The molecule has 0 fully saturated rings. The Morgan fingerprint density at radius 3 is 2.33 bits per heavy atom. The summed E-state index contributed by atoms with van der Waals surface area (Å²) in [5.41, 5.74) is 2.26. The Hall–Kier alpha value is -2.33. The first-order valence-electron chi connectivity index (χ1n) is 8.13. The van der Waals surface area contributed by atoms with Crippen LogP contribution in [-0.2, 0) is 17.9 Å². The molecule has 2 aromatic carbocycles. The van der Waals surface area contributed by atoms with E-state index in [0.717, 1.165) is 16.9 Å². The summed E-state index contributed by atoms with van der Waals surface area (Å²) < 4.78 is 5.26. The molecule has 0 aliphatic carbocycles. The first-order valence-corrected chi connectivity index (χ1v) is 8.13. The number of hydrogen-bond acceptors (Lipinski definition) is 3. The van der Waals surface area contributed by atoms with Crippen molar-refractivity contribution in [2.75, 3.05) is 21.2 Å². The number of rotatable bonds is 7. The van der Waals surface area contributed by atoms with Crippen LogP contribution in [0.2, 0.25) is 0 Å². The van der Waals surface area contributed by atoms with Gasteiger partial charge in [-0.05, 0) is 37.2 Å². The Bertz CT molecular complexity index is 658. The Morgan fingerprint density at radius 1 is 1.00 bits per heavy atom. The van der Waals surface area contributed by atoms with Crippen molar-refractivity contribution >= 4 is 5.91 Å². The highest BCUT2D eigenvalue weighted by Gasteiger charge is 2.21. The standard InChI is InChI=1S/C20H26N2O2/c1-16(20(23)22(3)14-17-9-6-5-7-10-17)21(2)15-18-11-8-12-19(13-18)24-4/h5-13,16H,14-15H2,1-4H3. The zero-order valence-corrected chi connectivity index (χ0v) is 14.9. The van der Waals surface area contributed by atoms with Gasteiger partial charge in [-0.2, -0.15) is 0 Å². The molecule has 0 aliphatic heterocycles. The number of methoxy groups -OCH3 is 1. The van der Waals surface area contributed by atoms with Gasteiger partial charge in [-0.3, -0.25) is 9.69 Å². The van der Waals surface area contributed by atoms with E-state index in [0.29, 0.717) is 13.1 Å². The Labute approximate surface area is 144 Å². The fourth-order valence-corrected chi connectivity index (χ4v) is 2.64. The predicted molar refractivity (Wildman–Crippen MR) is 96.8 cm³/mol. The number of benzene rings is 2. The van der Waals surface area contributed by atoms with E-state index in [1.807, 2.05) is 75.6 Å². The number of likely N-dealkylation sites (N-methyl/N-ethyl adjacent to an activating group) is 2. The molecule has 0 N–H and O–H groups in total. The molecule has 0 saturated heterocycles. The van der Waals surface area contributed by atoms with Crippen molar-refractivity contribution in [1.82, 2.24) is 9.80 Å². The van der Waals surface area contributed by atoms with E-state index in [4.69, 9.17) is 4.74 Å². The van der Waals surface area contributed by atoms with Gasteiger partial charge >= 0.3 is 0 Å². The maximum Gasteiger partial charge on any atom is 0.239 e. The average Bonchev–Trinajstić information content (AvgIpc) is 2.61. The van der Waals surface area contributed by atoms with Gasteiger partial charge in [0.15, 0.2) is 0 Å². The van der Waals surface area contributed by atoms with Gasteiger partial charge in [0.05, 0.1) is 13.2 Å². The molecule has 0 aliphatic rings. The molecule has 2 rings (SSSR count). The number of amides is 1. The van der Waals surface area contributed by atoms with Crippen LogP contribution < -0.4 is 4.74 Å². The van der Waals surface area contributed by atoms with Gasteiger partial charge in [0.25, 0.3) is 0 Å². The van der Waals surface area contributed by atoms with Crippen molar-refractivity contribution in [3.8, 4) is 5.75 Å². The summed E-state index contributed by atoms with van der Waals surface area (Å²) in [7, 11) is 5.48. The predicted octanol–water partition coefficient (Wildman–Crippen LogP) is 3.17. The molecule has 4 nitrogen and oxygen atoms in total. The maximum atomic E-state index is 12.7. The zero-order valence-electron chi connectivity index (χ0n) is 14.9. The van der Waals surface area contributed by atoms with Crippen LogP contribution in [0.4, 0.5) is 0 Å². The van der Waals surface area contributed by atoms with Crippen LogP contribution in [0.3, 0.4) is 0 Å². The van der Waals surface area contributed by atoms with Crippen LogP contribution in [0.15, 0.2) is 54.6 Å². The molecule has 4 heteroatoms. The van der Waals surface area contributed by atoms with E-state index >= 15 is 0 Å². The van der Waals surface area contributed by atoms with E-state index in [1.165, 1.54) is 0 Å². The molecule has 1 amide bonds. The third kappa shape index (κ3) is 4.83. The van der Waals surface area contributed by atoms with E-state index in [-0.39, 0.29) is 11.9 Å². The quantitative estimate of drug-likeness (QED) is 0.783. The summed E-state index contributed by atoms with van der Waals surface area (Å²) in [6, 6.07) is 17.8. The van der Waals surface area contributed by atoms with Crippen molar-refractivity contribution in [2.24, 2.45) is 0 Å². The minimum Gasteiger partial charge on any atom is -0.497 e. The highest BCUT2D eigenvalue weighted by Crippen LogP contribution is 2.15. The third-order valence-electron chi connectivity index (χ3n) is 4.22. The minimum absolute atomic E-state index is 0.115. The van der Waals surface area contributed by atoms with Gasteiger partial charge in [-0.1, -0.05) is 42.5 Å².